The second kappa shape index (κ2) is 4.91. The normalized spacial score (nSPS) is 18.4. The summed E-state index contributed by atoms with van der Waals surface area (Å²) in [4.78, 5) is 1.21. The number of nitrogen functional groups attached to an aromatic ring is 1. The fraction of sp³-hybridized carbons (Fsp3) is 0.429. The van der Waals surface area contributed by atoms with E-state index < -0.39 is 0 Å². The molecule has 1 aromatic heterocycles. The Bertz CT molecular complexity index is 661. The molecule has 1 heterocycles. The van der Waals surface area contributed by atoms with Crippen LogP contribution >= 0.6 is 34.4 Å². The molecule has 20 heavy (non-hydrogen) atoms. The van der Waals surface area contributed by atoms with E-state index in [0.717, 1.165) is 10.8 Å². The summed E-state index contributed by atoms with van der Waals surface area (Å²) in [5.74, 6) is 1.86. The smallest absolute Gasteiger partial charge is 0.196 e. The number of rotatable bonds is 4. The second-order valence-electron chi connectivity index (χ2n) is 5.51. The van der Waals surface area contributed by atoms with Gasteiger partial charge in [0.1, 0.15) is 5.82 Å². The maximum Gasteiger partial charge on any atom is 0.196 e. The Morgan fingerprint density at radius 1 is 1.20 bits per heavy atom. The molecule has 104 valence electrons. The van der Waals surface area contributed by atoms with Crippen LogP contribution < -0.4 is 5.73 Å². The van der Waals surface area contributed by atoms with Crippen molar-refractivity contribution >= 4 is 40.0 Å². The molecule has 2 aliphatic carbocycles. The summed E-state index contributed by atoms with van der Waals surface area (Å²) >= 11 is 4.04. The standard InChI is InChI=1S/C14H15IN4S/c15-11-7-9(16)3-6-12(11)20-14-18-17-13(8-1-2-8)19(14)10-4-5-10/h3,6-8,10H,1-2,4-5,16H2. The highest BCUT2D eigenvalue weighted by Crippen LogP contribution is 2.47. The van der Waals surface area contributed by atoms with Gasteiger partial charge in [0, 0.05) is 26.1 Å². The van der Waals surface area contributed by atoms with E-state index in [-0.39, 0.29) is 0 Å². The first-order chi connectivity index (χ1) is 9.72. The summed E-state index contributed by atoms with van der Waals surface area (Å²) in [5, 5.41) is 9.93. The summed E-state index contributed by atoms with van der Waals surface area (Å²) in [6.07, 6.45) is 5.08. The summed E-state index contributed by atoms with van der Waals surface area (Å²) in [5.41, 5.74) is 6.62. The first-order valence-electron chi connectivity index (χ1n) is 6.90. The molecule has 0 aliphatic heterocycles. The van der Waals surface area contributed by atoms with Gasteiger partial charge in [0.15, 0.2) is 5.16 Å². The van der Waals surface area contributed by atoms with Crippen LogP contribution in [-0.2, 0) is 0 Å². The SMILES string of the molecule is Nc1ccc(Sc2nnc(C3CC3)n2C2CC2)c(I)c1. The lowest BCUT2D eigenvalue weighted by atomic mass is 10.3. The minimum atomic E-state index is 0.634. The molecule has 1 aromatic carbocycles. The maximum atomic E-state index is 5.81. The Morgan fingerprint density at radius 3 is 2.65 bits per heavy atom. The van der Waals surface area contributed by atoms with E-state index in [9.17, 15) is 0 Å². The predicted octanol–water partition coefficient (Wildman–Crippen LogP) is 3.83. The molecule has 0 amide bonds. The average Bonchev–Trinajstić information content (AvgIpc) is 3.31. The number of hydrogen-bond acceptors (Lipinski definition) is 4. The number of anilines is 1. The van der Waals surface area contributed by atoms with Crippen molar-refractivity contribution in [2.45, 2.75) is 47.7 Å². The van der Waals surface area contributed by atoms with Gasteiger partial charge in [0.2, 0.25) is 0 Å². The van der Waals surface area contributed by atoms with Crippen LogP contribution in [0, 0.1) is 3.57 Å². The molecule has 4 nitrogen and oxygen atoms in total. The molecular formula is C14H15IN4S. The van der Waals surface area contributed by atoms with Crippen molar-refractivity contribution in [1.82, 2.24) is 14.8 Å². The molecule has 2 aromatic rings. The maximum absolute atomic E-state index is 5.81. The third-order valence-electron chi connectivity index (χ3n) is 3.70. The van der Waals surface area contributed by atoms with E-state index >= 15 is 0 Å². The first-order valence-corrected chi connectivity index (χ1v) is 8.79. The van der Waals surface area contributed by atoms with Gasteiger partial charge >= 0.3 is 0 Å². The number of benzene rings is 1. The lowest BCUT2D eigenvalue weighted by molar-refractivity contribution is 0.627. The Morgan fingerprint density at radius 2 is 2.00 bits per heavy atom. The summed E-state index contributed by atoms with van der Waals surface area (Å²) in [6, 6.07) is 6.66. The van der Waals surface area contributed by atoms with E-state index in [0.29, 0.717) is 12.0 Å². The van der Waals surface area contributed by atoms with Crippen LogP contribution in [0.25, 0.3) is 0 Å². The molecule has 2 N–H and O–H groups in total. The fourth-order valence-electron chi connectivity index (χ4n) is 2.35. The highest BCUT2D eigenvalue weighted by atomic mass is 127. The van der Waals surface area contributed by atoms with Gasteiger partial charge < -0.3 is 10.3 Å². The average molecular weight is 398 g/mol. The van der Waals surface area contributed by atoms with Crippen LogP contribution in [0.15, 0.2) is 28.3 Å². The van der Waals surface area contributed by atoms with Crippen LogP contribution in [-0.4, -0.2) is 14.8 Å². The van der Waals surface area contributed by atoms with Crippen molar-refractivity contribution in [3.8, 4) is 0 Å². The van der Waals surface area contributed by atoms with Crippen molar-refractivity contribution in [2.24, 2.45) is 0 Å². The highest BCUT2D eigenvalue weighted by molar-refractivity contribution is 14.1. The Kier molecular flexibility index (Phi) is 3.17. The van der Waals surface area contributed by atoms with Crippen molar-refractivity contribution < 1.29 is 0 Å². The van der Waals surface area contributed by atoms with Crippen LogP contribution in [0.2, 0.25) is 0 Å². The van der Waals surface area contributed by atoms with E-state index in [1.165, 1.54) is 40.0 Å². The van der Waals surface area contributed by atoms with Gasteiger partial charge in [0.05, 0.1) is 0 Å². The monoisotopic (exact) mass is 398 g/mol. The van der Waals surface area contributed by atoms with Gasteiger partial charge in [-0.15, -0.1) is 10.2 Å². The molecule has 0 unspecified atom stereocenters. The van der Waals surface area contributed by atoms with E-state index in [2.05, 4.69) is 43.4 Å². The summed E-state index contributed by atoms with van der Waals surface area (Å²) in [6.45, 7) is 0. The largest absolute Gasteiger partial charge is 0.399 e. The molecule has 0 bridgehead atoms. The number of aromatic nitrogens is 3. The number of hydrogen-bond donors (Lipinski definition) is 1. The Labute approximate surface area is 135 Å². The number of nitrogens with zero attached hydrogens (tertiary/aromatic N) is 3. The molecule has 2 fully saturated rings. The van der Waals surface area contributed by atoms with Crippen molar-refractivity contribution in [1.29, 1.82) is 0 Å². The molecule has 4 rings (SSSR count). The molecule has 6 heteroatoms. The molecular weight excluding hydrogens is 383 g/mol. The molecule has 2 saturated carbocycles. The minimum Gasteiger partial charge on any atom is -0.399 e. The van der Waals surface area contributed by atoms with E-state index in [1.807, 2.05) is 12.1 Å². The van der Waals surface area contributed by atoms with Gasteiger partial charge in [-0.2, -0.15) is 0 Å². The number of halogens is 1. The van der Waals surface area contributed by atoms with Gasteiger partial charge in [-0.25, -0.2) is 0 Å². The minimum absolute atomic E-state index is 0.634. The molecule has 2 aliphatic rings. The molecule has 0 atom stereocenters. The zero-order valence-electron chi connectivity index (χ0n) is 10.9. The molecule has 0 radical (unpaired) electrons. The van der Waals surface area contributed by atoms with Gasteiger partial charge in [-0.3, -0.25) is 0 Å². The first kappa shape index (κ1) is 12.9. The lowest BCUT2D eigenvalue weighted by Gasteiger charge is -2.09. The molecule has 0 saturated heterocycles. The fourth-order valence-corrected chi connectivity index (χ4v) is 4.13. The number of nitrogens with two attached hydrogens (primary N) is 1. The lowest BCUT2D eigenvalue weighted by Crippen LogP contribution is -2.01. The van der Waals surface area contributed by atoms with Crippen molar-refractivity contribution in [3.05, 3.63) is 27.6 Å². The zero-order chi connectivity index (χ0) is 13.7. The van der Waals surface area contributed by atoms with Gasteiger partial charge in [-0.05, 0) is 78.2 Å². The molecule has 0 spiro atoms. The highest BCUT2D eigenvalue weighted by Gasteiger charge is 2.36. The topological polar surface area (TPSA) is 56.7 Å². The quantitative estimate of drug-likeness (QED) is 0.628. The van der Waals surface area contributed by atoms with E-state index in [4.69, 9.17) is 5.73 Å². The Hall–Kier alpha value is -0.760. The van der Waals surface area contributed by atoms with Crippen LogP contribution in [0.5, 0.6) is 0 Å². The van der Waals surface area contributed by atoms with Crippen LogP contribution in [0.4, 0.5) is 5.69 Å². The van der Waals surface area contributed by atoms with Gasteiger partial charge in [0.25, 0.3) is 0 Å². The van der Waals surface area contributed by atoms with Crippen molar-refractivity contribution in [2.75, 3.05) is 5.73 Å². The predicted molar refractivity (Wildman–Crippen MR) is 88.0 cm³/mol. The third-order valence-corrected chi connectivity index (χ3v) is 6.00. The van der Waals surface area contributed by atoms with Crippen LogP contribution in [0.1, 0.15) is 43.5 Å². The third kappa shape index (κ3) is 2.43. The van der Waals surface area contributed by atoms with Crippen LogP contribution in [0.3, 0.4) is 0 Å². The summed E-state index contributed by atoms with van der Waals surface area (Å²) < 4.78 is 3.56. The second-order valence-corrected chi connectivity index (χ2v) is 7.68. The summed E-state index contributed by atoms with van der Waals surface area (Å²) in [7, 11) is 0. The zero-order valence-corrected chi connectivity index (χ0v) is 13.9. The van der Waals surface area contributed by atoms with Gasteiger partial charge in [-0.1, -0.05) is 0 Å². The Balaban J connectivity index is 1.68. The van der Waals surface area contributed by atoms with E-state index in [1.54, 1.807) is 11.8 Å². The van der Waals surface area contributed by atoms with Crippen molar-refractivity contribution in [3.63, 3.8) is 0 Å².